The Morgan fingerprint density at radius 3 is 2.19 bits per heavy atom. The summed E-state index contributed by atoms with van der Waals surface area (Å²) >= 11 is 0. The topological polar surface area (TPSA) is 113 Å². The third kappa shape index (κ3) is 4.38. The van der Waals surface area contributed by atoms with Gasteiger partial charge in [-0.05, 0) is 37.1 Å². The van der Waals surface area contributed by atoms with Crippen LogP contribution in [0.15, 0.2) is 48.5 Å². The van der Waals surface area contributed by atoms with Crippen molar-refractivity contribution in [1.29, 1.82) is 0 Å². The number of para-hydroxylation sites is 2. The van der Waals surface area contributed by atoms with Crippen LogP contribution in [-0.2, 0) is 4.79 Å². The van der Waals surface area contributed by atoms with Gasteiger partial charge in [0.05, 0.1) is 23.4 Å². The maximum atomic E-state index is 12.3. The predicted octanol–water partition coefficient (Wildman–Crippen LogP) is 1.73. The second-order valence-corrected chi connectivity index (χ2v) is 6.10. The number of anilines is 2. The van der Waals surface area contributed by atoms with E-state index in [-0.39, 0.29) is 24.4 Å². The standard InChI is InChI=1S/C19H20N4O3/c20-18(25)13-5-1-3-7-15(13)21-11-17(24)23-16-8-4-2-6-14(16)19(26)22-12-9-10-12/h1-8,12,21H,9-11H2,(H2,20,25)(H,22,26)(H,23,24). The third-order valence-electron chi connectivity index (χ3n) is 3.99. The fraction of sp³-hybridized carbons (Fsp3) is 0.211. The van der Waals surface area contributed by atoms with Gasteiger partial charge >= 0.3 is 0 Å². The fourth-order valence-electron chi connectivity index (χ4n) is 2.50. The number of hydrogen-bond acceptors (Lipinski definition) is 4. The minimum absolute atomic E-state index is 0.0666. The van der Waals surface area contributed by atoms with Gasteiger partial charge in [0, 0.05) is 11.7 Å². The van der Waals surface area contributed by atoms with Gasteiger partial charge in [0.15, 0.2) is 0 Å². The van der Waals surface area contributed by atoms with Crippen molar-refractivity contribution in [2.75, 3.05) is 17.2 Å². The van der Waals surface area contributed by atoms with E-state index >= 15 is 0 Å². The summed E-state index contributed by atoms with van der Waals surface area (Å²) in [5.41, 5.74) is 6.98. The summed E-state index contributed by atoms with van der Waals surface area (Å²) < 4.78 is 0. The quantitative estimate of drug-likeness (QED) is 0.608. The van der Waals surface area contributed by atoms with Crippen molar-refractivity contribution in [2.24, 2.45) is 5.73 Å². The number of amides is 3. The Balaban J connectivity index is 1.64. The highest BCUT2D eigenvalue weighted by molar-refractivity contribution is 6.05. The van der Waals surface area contributed by atoms with Crippen molar-refractivity contribution in [3.63, 3.8) is 0 Å². The Morgan fingerprint density at radius 1 is 0.923 bits per heavy atom. The van der Waals surface area contributed by atoms with Crippen molar-refractivity contribution in [1.82, 2.24) is 5.32 Å². The molecule has 0 bridgehead atoms. The molecule has 0 heterocycles. The number of nitrogens with two attached hydrogens (primary N) is 1. The summed E-state index contributed by atoms with van der Waals surface area (Å²) in [6, 6.07) is 13.8. The van der Waals surface area contributed by atoms with Gasteiger partial charge in [-0.15, -0.1) is 0 Å². The van der Waals surface area contributed by atoms with E-state index in [4.69, 9.17) is 5.73 Å². The van der Waals surface area contributed by atoms with Gasteiger partial charge in [0.2, 0.25) is 5.91 Å². The van der Waals surface area contributed by atoms with Crippen LogP contribution in [0.5, 0.6) is 0 Å². The van der Waals surface area contributed by atoms with Crippen LogP contribution in [-0.4, -0.2) is 30.3 Å². The zero-order chi connectivity index (χ0) is 18.5. The van der Waals surface area contributed by atoms with Crippen molar-refractivity contribution in [2.45, 2.75) is 18.9 Å². The molecule has 134 valence electrons. The first-order chi connectivity index (χ1) is 12.5. The summed E-state index contributed by atoms with van der Waals surface area (Å²) in [6.45, 7) is -0.0666. The third-order valence-corrected chi connectivity index (χ3v) is 3.99. The van der Waals surface area contributed by atoms with E-state index in [9.17, 15) is 14.4 Å². The minimum atomic E-state index is -0.574. The molecule has 5 N–H and O–H groups in total. The van der Waals surface area contributed by atoms with Crippen LogP contribution in [0.25, 0.3) is 0 Å². The molecule has 0 aliphatic heterocycles. The molecule has 0 aromatic heterocycles. The molecular formula is C19H20N4O3. The lowest BCUT2D eigenvalue weighted by Gasteiger charge is -2.13. The van der Waals surface area contributed by atoms with E-state index in [2.05, 4.69) is 16.0 Å². The summed E-state index contributed by atoms with van der Waals surface area (Å²) in [6.07, 6.45) is 1.98. The maximum absolute atomic E-state index is 12.3. The predicted molar refractivity (Wildman–Crippen MR) is 99.0 cm³/mol. The van der Waals surface area contributed by atoms with E-state index in [0.717, 1.165) is 12.8 Å². The lowest BCUT2D eigenvalue weighted by molar-refractivity contribution is -0.114. The second kappa shape index (κ2) is 7.69. The average Bonchev–Trinajstić information content (AvgIpc) is 3.44. The highest BCUT2D eigenvalue weighted by Gasteiger charge is 2.25. The number of hydrogen-bond donors (Lipinski definition) is 4. The molecule has 7 heteroatoms. The van der Waals surface area contributed by atoms with Crippen LogP contribution in [0.4, 0.5) is 11.4 Å². The normalized spacial score (nSPS) is 12.9. The van der Waals surface area contributed by atoms with Crippen LogP contribution in [0, 0.1) is 0 Å². The minimum Gasteiger partial charge on any atom is -0.376 e. The van der Waals surface area contributed by atoms with E-state index in [1.54, 1.807) is 48.5 Å². The van der Waals surface area contributed by atoms with Gasteiger partial charge < -0.3 is 21.7 Å². The number of rotatable bonds is 7. The number of primary amides is 1. The number of benzene rings is 2. The molecule has 7 nitrogen and oxygen atoms in total. The van der Waals surface area contributed by atoms with Crippen LogP contribution >= 0.6 is 0 Å². The molecule has 26 heavy (non-hydrogen) atoms. The van der Waals surface area contributed by atoms with Gasteiger partial charge in [-0.1, -0.05) is 24.3 Å². The molecule has 2 aromatic rings. The van der Waals surface area contributed by atoms with Gasteiger partial charge in [-0.2, -0.15) is 0 Å². The van der Waals surface area contributed by atoms with Crippen LogP contribution < -0.4 is 21.7 Å². The molecule has 0 atom stereocenters. The van der Waals surface area contributed by atoms with E-state index in [0.29, 0.717) is 22.5 Å². The van der Waals surface area contributed by atoms with Crippen molar-refractivity contribution in [3.05, 3.63) is 59.7 Å². The second-order valence-electron chi connectivity index (χ2n) is 6.10. The average molecular weight is 352 g/mol. The SMILES string of the molecule is NC(=O)c1ccccc1NCC(=O)Nc1ccccc1C(=O)NC1CC1. The summed E-state index contributed by atoms with van der Waals surface area (Å²) in [5, 5.41) is 8.52. The summed E-state index contributed by atoms with van der Waals surface area (Å²) in [4.78, 5) is 35.9. The van der Waals surface area contributed by atoms with Crippen molar-refractivity contribution >= 4 is 29.1 Å². The Bertz CT molecular complexity index is 846. The van der Waals surface area contributed by atoms with Gasteiger partial charge in [0.25, 0.3) is 11.8 Å². The highest BCUT2D eigenvalue weighted by Crippen LogP contribution is 2.21. The molecule has 1 aliphatic carbocycles. The molecule has 1 saturated carbocycles. The highest BCUT2D eigenvalue weighted by atomic mass is 16.2. The molecule has 0 saturated heterocycles. The Kier molecular flexibility index (Phi) is 5.17. The monoisotopic (exact) mass is 352 g/mol. The number of carbonyl (C=O) groups excluding carboxylic acids is 3. The van der Waals surface area contributed by atoms with E-state index in [1.807, 2.05) is 0 Å². The number of nitrogens with one attached hydrogen (secondary N) is 3. The van der Waals surface area contributed by atoms with Crippen molar-refractivity contribution in [3.8, 4) is 0 Å². The van der Waals surface area contributed by atoms with Crippen LogP contribution in [0.1, 0.15) is 33.6 Å². The van der Waals surface area contributed by atoms with Gasteiger partial charge in [-0.3, -0.25) is 14.4 Å². The smallest absolute Gasteiger partial charge is 0.253 e. The zero-order valence-corrected chi connectivity index (χ0v) is 14.1. The molecule has 1 fully saturated rings. The first kappa shape index (κ1) is 17.5. The molecular weight excluding hydrogens is 332 g/mol. The lowest BCUT2D eigenvalue weighted by Crippen LogP contribution is -2.28. The fourth-order valence-corrected chi connectivity index (χ4v) is 2.50. The lowest BCUT2D eigenvalue weighted by atomic mass is 10.1. The molecule has 1 aliphatic rings. The Labute approximate surface area is 151 Å². The molecule has 3 rings (SSSR count). The molecule has 0 spiro atoms. The maximum Gasteiger partial charge on any atom is 0.253 e. The first-order valence-corrected chi connectivity index (χ1v) is 8.37. The van der Waals surface area contributed by atoms with E-state index in [1.165, 1.54) is 0 Å². The van der Waals surface area contributed by atoms with Crippen LogP contribution in [0.3, 0.4) is 0 Å². The zero-order valence-electron chi connectivity index (χ0n) is 14.1. The van der Waals surface area contributed by atoms with Crippen molar-refractivity contribution < 1.29 is 14.4 Å². The Hall–Kier alpha value is -3.35. The summed E-state index contributed by atoms with van der Waals surface area (Å²) in [7, 11) is 0. The van der Waals surface area contributed by atoms with Crippen LogP contribution in [0.2, 0.25) is 0 Å². The van der Waals surface area contributed by atoms with Gasteiger partial charge in [0.1, 0.15) is 0 Å². The molecule has 0 radical (unpaired) electrons. The van der Waals surface area contributed by atoms with Gasteiger partial charge in [-0.25, -0.2) is 0 Å². The molecule has 2 aromatic carbocycles. The molecule has 3 amide bonds. The summed E-state index contributed by atoms with van der Waals surface area (Å²) in [5.74, 6) is -1.11. The largest absolute Gasteiger partial charge is 0.376 e. The number of carbonyl (C=O) groups is 3. The van der Waals surface area contributed by atoms with E-state index < -0.39 is 5.91 Å². The first-order valence-electron chi connectivity index (χ1n) is 8.37. The molecule has 0 unspecified atom stereocenters. The Morgan fingerprint density at radius 2 is 1.54 bits per heavy atom.